The van der Waals surface area contributed by atoms with Crippen molar-refractivity contribution in [3.05, 3.63) is 47.1 Å². The van der Waals surface area contributed by atoms with Crippen LogP contribution < -0.4 is 10.5 Å². The lowest BCUT2D eigenvalue weighted by Gasteiger charge is -2.08. The Morgan fingerprint density at radius 3 is 2.80 bits per heavy atom. The number of fused-ring (bicyclic) bond motifs is 1. The van der Waals surface area contributed by atoms with E-state index in [0.29, 0.717) is 16.5 Å². The minimum absolute atomic E-state index is 0.548. The highest BCUT2D eigenvalue weighted by Crippen LogP contribution is 2.34. The number of methoxy groups -OCH3 is 1. The summed E-state index contributed by atoms with van der Waals surface area (Å²) in [6.07, 6.45) is 1.75. The van der Waals surface area contributed by atoms with Crippen molar-refractivity contribution in [1.82, 2.24) is 9.38 Å². The lowest BCUT2D eigenvalue weighted by Crippen LogP contribution is -1.95. The Kier molecular flexibility index (Phi) is 3.03. The predicted octanol–water partition coefficient (Wildman–Crippen LogP) is 3.55. The number of rotatable bonds is 2. The van der Waals surface area contributed by atoms with Gasteiger partial charge in [0.1, 0.15) is 22.9 Å². The molecule has 102 valence electrons. The SMILES string of the molecule is COc1ccc(C)cc1-c1nc2ccc(Cl)cn2c1N. The van der Waals surface area contributed by atoms with Crippen molar-refractivity contribution in [2.75, 3.05) is 12.8 Å². The van der Waals surface area contributed by atoms with Crippen LogP contribution in [0.3, 0.4) is 0 Å². The summed E-state index contributed by atoms with van der Waals surface area (Å²) < 4.78 is 7.18. The summed E-state index contributed by atoms with van der Waals surface area (Å²) in [5.41, 5.74) is 9.66. The van der Waals surface area contributed by atoms with Gasteiger partial charge in [-0.3, -0.25) is 4.40 Å². The Morgan fingerprint density at radius 2 is 2.05 bits per heavy atom. The minimum atomic E-state index is 0.548. The zero-order chi connectivity index (χ0) is 14.3. The van der Waals surface area contributed by atoms with Crippen molar-refractivity contribution in [2.45, 2.75) is 6.92 Å². The van der Waals surface area contributed by atoms with Crippen LogP contribution in [0.5, 0.6) is 5.75 Å². The number of pyridine rings is 1. The first-order valence-electron chi connectivity index (χ1n) is 6.18. The number of hydrogen-bond acceptors (Lipinski definition) is 3. The summed E-state index contributed by atoms with van der Waals surface area (Å²) in [5.74, 6) is 1.29. The number of hydrogen-bond donors (Lipinski definition) is 1. The fraction of sp³-hybridized carbons (Fsp3) is 0.133. The first kappa shape index (κ1) is 12.8. The fourth-order valence-electron chi connectivity index (χ4n) is 2.24. The highest BCUT2D eigenvalue weighted by molar-refractivity contribution is 6.30. The monoisotopic (exact) mass is 287 g/mol. The number of ether oxygens (including phenoxy) is 1. The molecule has 3 aromatic rings. The van der Waals surface area contributed by atoms with Crippen molar-refractivity contribution in [2.24, 2.45) is 0 Å². The van der Waals surface area contributed by atoms with Crippen molar-refractivity contribution >= 4 is 23.1 Å². The number of aromatic nitrogens is 2. The first-order chi connectivity index (χ1) is 9.60. The van der Waals surface area contributed by atoms with E-state index >= 15 is 0 Å². The average Bonchev–Trinajstić information content (AvgIpc) is 2.76. The van der Waals surface area contributed by atoms with Gasteiger partial charge < -0.3 is 10.5 Å². The van der Waals surface area contributed by atoms with Crippen LogP contribution in [-0.4, -0.2) is 16.5 Å². The molecule has 5 heteroatoms. The smallest absolute Gasteiger partial charge is 0.139 e. The molecule has 4 nitrogen and oxygen atoms in total. The third kappa shape index (κ3) is 1.98. The van der Waals surface area contributed by atoms with Gasteiger partial charge in [0, 0.05) is 11.8 Å². The van der Waals surface area contributed by atoms with Gasteiger partial charge in [-0.2, -0.15) is 0 Å². The average molecular weight is 288 g/mol. The van der Waals surface area contributed by atoms with E-state index in [0.717, 1.165) is 22.5 Å². The van der Waals surface area contributed by atoms with Gasteiger partial charge in [-0.05, 0) is 31.2 Å². The Bertz CT molecular complexity index is 795. The van der Waals surface area contributed by atoms with Crippen molar-refractivity contribution in [3.63, 3.8) is 0 Å². The van der Waals surface area contributed by atoms with E-state index in [1.54, 1.807) is 23.8 Å². The normalized spacial score (nSPS) is 10.9. The molecule has 0 fully saturated rings. The second-order valence-electron chi connectivity index (χ2n) is 4.62. The molecule has 3 rings (SSSR count). The molecule has 0 radical (unpaired) electrons. The molecule has 0 aliphatic carbocycles. The number of nitrogens with zero attached hydrogens (tertiary/aromatic N) is 2. The largest absolute Gasteiger partial charge is 0.496 e. The molecule has 0 bridgehead atoms. The maximum absolute atomic E-state index is 6.20. The summed E-state index contributed by atoms with van der Waals surface area (Å²) in [5, 5.41) is 0.615. The van der Waals surface area contributed by atoms with Gasteiger partial charge in [0.2, 0.25) is 0 Å². The molecule has 0 amide bonds. The number of aryl methyl sites for hydroxylation is 1. The standard InChI is InChI=1S/C15H14ClN3O/c1-9-3-5-12(20-2)11(7-9)14-15(17)19-8-10(16)4-6-13(19)18-14/h3-8H,17H2,1-2H3. The van der Waals surface area contributed by atoms with Crippen LogP contribution in [0.4, 0.5) is 5.82 Å². The van der Waals surface area contributed by atoms with Crippen LogP contribution in [0, 0.1) is 6.92 Å². The zero-order valence-corrected chi connectivity index (χ0v) is 12.0. The van der Waals surface area contributed by atoms with Gasteiger partial charge in [0.25, 0.3) is 0 Å². The van der Waals surface area contributed by atoms with E-state index < -0.39 is 0 Å². The van der Waals surface area contributed by atoms with Gasteiger partial charge in [-0.25, -0.2) is 4.98 Å². The van der Waals surface area contributed by atoms with E-state index in [1.807, 2.05) is 31.2 Å². The van der Waals surface area contributed by atoms with Gasteiger partial charge in [0.15, 0.2) is 0 Å². The van der Waals surface area contributed by atoms with Crippen LogP contribution >= 0.6 is 11.6 Å². The third-order valence-corrected chi connectivity index (χ3v) is 3.45. The Labute approximate surface area is 121 Å². The summed E-state index contributed by atoms with van der Waals surface area (Å²) >= 11 is 6.00. The van der Waals surface area contributed by atoms with E-state index in [9.17, 15) is 0 Å². The van der Waals surface area contributed by atoms with Crippen LogP contribution in [0.15, 0.2) is 36.5 Å². The zero-order valence-electron chi connectivity index (χ0n) is 11.2. The first-order valence-corrected chi connectivity index (χ1v) is 6.56. The number of nitrogen functional groups attached to an aromatic ring is 1. The molecular formula is C15H14ClN3O. The van der Waals surface area contributed by atoms with Crippen molar-refractivity contribution in [1.29, 1.82) is 0 Å². The molecule has 2 aromatic heterocycles. The van der Waals surface area contributed by atoms with Gasteiger partial charge in [-0.1, -0.05) is 23.2 Å². The summed E-state index contributed by atoms with van der Waals surface area (Å²) in [6.45, 7) is 2.02. The fourth-order valence-corrected chi connectivity index (χ4v) is 2.40. The lowest BCUT2D eigenvalue weighted by molar-refractivity contribution is 0.416. The number of imidazole rings is 1. The number of anilines is 1. The maximum Gasteiger partial charge on any atom is 0.139 e. The lowest BCUT2D eigenvalue weighted by atomic mass is 10.1. The van der Waals surface area contributed by atoms with E-state index in [4.69, 9.17) is 22.1 Å². The van der Waals surface area contributed by atoms with Crippen LogP contribution in [0.25, 0.3) is 16.9 Å². The number of nitrogens with two attached hydrogens (primary N) is 1. The van der Waals surface area contributed by atoms with Gasteiger partial charge in [-0.15, -0.1) is 0 Å². The summed E-state index contributed by atoms with van der Waals surface area (Å²) in [7, 11) is 1.64. The summed E-state index contributed by atoms with van der Waals surface area (Å²) in [4.78, 5) is 4.57. The van der Waals surface area contributed by atoms with E-state index in [2.05, 4.69) is 4.98 Å². The highest BCUT2D eigenvalue weighted by Gasteiger charge is 2.15. The Morgan fingerprint density at radius 1 is 1.25 bits per heavy atom. The van der Waals surface area contributed by atoms with Crippen LogP contribution in [-0.2, 0) is 0 Å². The molecule has 2 heterocycles. The molecule has 0 aliphatic heterocycles. The van der Waals surface area contributed by atoms with Crippen LogP contribution in [0.1, 0.15) is 5.56 Å². The van der Waals surface area contributed by atoms with E-state index in [1.165, 1.54) is 0 Å². The molecular weight excluding hydrogens is 274 g/mol. The number of benzene rings is 1. The van der Waals surface area contributed by atoms with E-state index in [-0.39, 0.29) is 0 Å². The molecule has 1 aromatic carbocycles. The number of halogens is 1. The minimum Gasteiger partial charge on any atom is -0.496 e. The molecule has 0 saturated heterocycles. The highest BCUT2D eigenvalue weighted by atomic mass is 35.5. The Hall–Kier alpha value is -2.20. The molecule has 0 atom stereocenters. The van der Waals surface area contributed by atoms with Crippen molar-refractivity contribution < 1.29 is 4.74 Å². The molecule has 0 unspecified atom stereocenters. The molecule has 0 aliphatic rings. The second kappa shape index (κ2) is 4.72. The topological polar surface area (TPSA) is 52.5 Å². The molecule has 0 saturated carbocycles. The maximum atomic E-state index is 6.20. The Balaban J connectivity index is 2.29. The third-order valence-electron chi connectivity index (χ3n) is 3.23. The molecule has 20 heavy (non-hydrogen) atoms. The van der Waals surface area contributed by atoms with Gasteiger partial charge in [0.05, 0.1) is 12.1 Å². The van der Waals surface area contributed by atoms with Crippen LogP contribution in [0.2, 0.25) is 5.02 Å². The van der Waals surface area contributed by atoms with Crippen molar-refractivity contribution in [3.8, 4) is 17.0 Å². The second-order valence-corrected chi connectivity index (χ2v) is 5.06. The molecule has 2 N–H and O–H groups in total. The quantitative estimate of drug-likeness (QED) is 0.784. The van der Waals surface area contributed by atoms with Gasteiger partial charge >= 0.3 is 0 Å². The predicted molar refractivity (Wildman–Crippen MR) is 81.3 cm³/mol. The molecule has 0 spiro atoms. The summed E-state index contributed by atoms with van der Waals surface area (Å²) in [6, 6.07) is 9.55.